The monoisotopic (exact) mass is 341 g/mol. The molecule has 134 valence electrons. The zero-order chi connectivity index (χ0) is 17.1. The number of piperidine rings is 1. The van der Waals surface area contributed by atoms with E-state index >= 15 is 0 Å². The van der Waals surface area contributed by atoms with Gasteiger partial charge in [-0.3, -0.25) is 14.8 Å². The Morgan fingerprint density at radius 1 is 1.12 bits per heavy atom. The standard InChI is InChI=1S/C19H27N5O/c1-22-10-7-21-18(22)15-23-8-4-19(5-9-23)16-24(11-12-25-19)14-17-3-2-6-20-13-17/h2-3,6-7,10,13H,4-5,8-9,11-12,14-16H2,1H3. The lowest BCUT2D eigenvalue weighted by Crippen LogP contribution is -2.56. The molecular formula is C19H27N5O. The number of nitrogens with zero attached hydrogens (tertiary/aromatic N) is 5. The van der Waals surface area contributed by atoms with Crippen LogP contribution >= 0.6 is 0 Å². The predicted molar refractivity (Wildman–Crippen MR) is 95.9 cm³/mol. The number of imidazole rings is 1. The van der Waals surface area contributed by atoms with Crippen LogP contribution in [-0.2, 0) is 24.9 Å². The number of pyridine rings is 1. The normalized spacial score (nSPS) is 21.6. The van der Waals surface area contributed by atoms with Crippen LogP contribution in [0.5, 0.6) is 0 Å². The fraction of sp³-hybridized carbons (Fsp3) is 0.579. The van der Waals surface area contributed by atoms with Crippen LogP contribution < -0.4 is 0 Å². The summed E-state index contributed by atoms with van der Waals surface area (Å²) in [6.45, 7) is 6.92. The summed E-state index contributed by atoms with van der Waals surface area (Å²) in [5, 5.41) is 0. The molecule has 0 aromatic carbocycles. The number of likely N-dealkylation sites (tertiary alicyclic amines) is 1. The number of ether oxygens (including phenoxy) is 1. The second-order valence-electron chi connectivity index (χ2n) is 7.33. The first-order valence-corrected chi connectivity index (χ1v) is 9.16. The van der Waals surface area contributed by atoms with Gasteiger partial charge in [0.05, 0.1) is 18.8 Å². The highest BCUT2D eigenvalue weighted by atomic mass is 16.5. The minimum atomic E-state index is 0.0264. The van der Waals surface area contributed by atoms with Crippen molar-refractivity contribution in [3.8, 4) is 0 Å². The van der Waals surface area contributed by atoms with Gasteiger partial charge in [-0.15, -0.1) is 0 Å². The van der Waals surface area contributed by atoms with E-state index in [2.05, 4.69) is 37.4 Å². The number of aromatic nitrogens is 3. The first-order valence-electron chi connectivity index (χ1n) is 9.16. The summed E-state index contributed by atoms with van der Waals surface area (Å²) in [5.41, 5.74) is 1.31. The van der Waals surface area contributed by atoms with Crippen molar-refractivity contribution >= 4 is 0 Å². The van der Waals surface area contributed by atoms with Crippen molar-refractivity contribution in [3.05, 3.63) is 48.3 Å². The summed E-state index contributed by atoms with van der Waals surface area (Å²) in [5.74, 6) is 1.14. The van der Waals surface area contributed by atoms with Crippen LogP contribution in [0.3, 0.4) is 0 Å². The minimum absolute atomic E-state index is 0.0264. The van der Waals surface area contributed by atoms with E-state index in [4.69, 9.17) is 4.74 Å². The lowest BCUT2D eigenvalue weighted by Gasteiger charge is -2.47. The van der Waals surface area contributed by atoms with Crippen molar-refractivity contribution in [2.45, 2.75) is 31.5 Å². The molecule has 0 aliphatic carbocycles. The Labute approximate surface area is 149 Å². The van der Waals surface area contributed by atoms with E-state index in [9.17, 15) is 0 Å². The molecular weight excluding hydrogens is 314 g/mol. The minimum Gasteiger partial charge on any atom is -0.372 e. The molecule has 2 aromatic heterocycles. The Morgan fingerprint density at radius 2 is 2.00 bits per heavy atom. The number of hydrogen-bond acceptors (Lipinski definition) is 5. The molecule has 2 fully saturated rings. The van der Waals surface area contributed by atoms with Gasteiger partial charge in [-0.2, -0.15) is 0 Å². The lowest BCUT2D eigenvalue weighted by atomic mass is 9.89. The van der Waals surface area contributed by atoms with E-state index in [0.717, 1.165) is 64.5 Å². The predicted octanol–water partition coefficient (Wildman–Crippen LogP) is 1.68. The quantitative estimate of drug-likeness (QED) is 0.847. The third-order valence-electron chi connectivity index (χ3n) is 5.51. The van der Waals surface area contributed by atoms with Gasteiger partial charge in [0.2, 0.25) is 0 Å². The maximum atomic E-state index is 6.28. The molecule has 4 heterocycles. The molecule has 0 bridgehead atoms. The smallest absolute Gasteiger partial charge is 0.122 e. The molecule has 2 saturated heterocycles. The van der Waals surface area contributed by atoms with Gasteiger partial charge in [-0.25, -0.2) is 4.98 Å². The van der Waals surface area contributed by atoms with Gasteiger partial charge in [0.15, 0.2) is 0 Å². The van der Waals surface area contributed by atoms with E-state index in [1.807, 2.05) is 30.9 Å². The van der Waals surface area contributed by atoms with Gasteiger partial charge in [-0.05, 0) is 24.5 Å². The maximum Gasteiger partial charge on any atom is 0.122 e. The average Bonchev–Trinajstić information content (AvgIpc) is 3.03. The van der Waals surface area contributed by atoms with Crippen LogP contribution in [0.1, 0.15) is 24.2 Å². The molecule has 1 spiro atoms. The SMILES string of the molecule is Cn1ccnc1CN1CCC2(CC1)CN(Cc1cccnc1)CCO2. The van der Waals surface area contributed by atoms with E-state index in [0.29, 0.717) is 0 Å². The van der Waals surface area contributed by atoms with Crippen molar-refractivity contribution in [2.24, 2.45) is 7.05 Å². The zero-order valence-electron chi connectivity index (χ0n) is 15.0. The molecule has 2 aliphatic rings. The van der Waals surface area contributed by atoms with Gasteiger partial charge in [0.1, 0.15) is 5.82 Å². The molecule has 0 saturated carbocycles. The van der Waals surface area contributed by atoms with E-state index in [1.54, 1.807) is 0 Å². The van der Waals surface area contributed by atoms with Gasteiger partial charge in [0, 0.05) is 64.6 Å². The largest absolute Gasteiger partial charge is 0.372 e. The Hall–Kier alpha value is -1.76. The van der Waals surface area contributed by atoms with Crippen LogP contribution in [0.2, 0.25) is 0 Å². The molecule has 4 rings (SSSR count). The topological polar surface area (TPSA) is 46.4 Å². The summed E-state index contributed by atoms with van der Waals surface area (Å²) >= 11 is 0. The Kier molecular flexibility index (Phi) is 4.83. The van der Waals surface area contributed by atoms with Crippen LogP contribution in [0.4, 0.5) is 0 Å². The average molecular weight is 341 g/mol. The number of morpholine rings is 1. The molecule has 0 unspecified atom stereocenters. The van der Waals surface area contributed by atoms with Crippen molar-refractivity contribution < 1.29 is 4.74 Å². The van der Waals surface area contributed by atoms with Crippen molar-refractivity contribution in [2.75, 3.05) is 32.8 Å². The van der Waals surface area contributed by atoms with Gasteiger partial charge >= 0.3 is 0 Å². The zero-order valence-corrected chi connectivity index (χ0v) is 15.0. The Morgan fingerprint density at radius 3 is 2.72 bits per heavy atom. The first kappa shape index (κ1) is 16.7. The summed E-state index contributed by atoms with van der Waals surface area (Å²) in [7, 11) is 2.06. The molecule has 0 N–H and O–H groups in total. The van der Waals surface area contributed by atoms with E-state index in [1.165, 1.54) is 5.56 Å². The second-order valence-corrected chi connectivity index (χ2v) is 7.33. The summed E-state index contributed by atoms with van der Waals surface area (Å²) in [4.78, 5) is 13.7. The van der Waals surface area contributed by atoms with Crippen molar-refractivity contribution in [1.82, 2.24) is 24.3 Å². The maximum absolute atomic E-state index is 6.28. The van der Waals surface area contributed by atoms with Crippen LogP contribution in [0, 0.1) is 0 Å². The molecule has 2 aromatic rings. The second kappa shape index (κ2) is 7.23. The third-order valence-corrected chi connectivity index (χ3v) is 5.51. The van der Waals surface area contributed by atoms with E-state index in [-0.39, 0.29) is 5.60 Å². The first-order chi connectivity index (χ1) is 12.2. The summed E-state index contributed by atoms with van der Waals surface area (Å²) < 4.78 is 8.39. The van der Waals surface area contributed by atoms with Crippen molar-refractivity contribution in [1.29, 1.82) is 0 Å². The lowest BCUT2D eigenvalue weighted by molar-refractivity contribution is -0.138. The fourth-order valence-electron chi connectivity index (χ4n) is 3.98. The van der Waals surface area contributed by atoms with Crippen LogP contribution in [0.15, 0.2) is 36.9 Å². The molecule has 0 radical (unpaired) electrons. The molecule has 0 atom stereocenters. The van der Waals surface area contributed by atoms with E-state index < -0.39 is 0 Å². The van der Waals surface area contributed by atoms with Crippen LogP contribution in [-0.4, -0.2) is 62.7 Å². The molecule has 6 nitrogen and oxygen atoms in total. The number of hydrogen-bond donors (Lipinski definition) is 0. The highest BCUT2D eigenvalue weighted by Gasteiger charge is 2.39. The number of aryl methyl sites for hydroxylation is 1. The molecule has 25 heavy (non-hydrogen) atoms. The van der Waals surface area contributed by atoms with Gasteiger partial charge in [0.25, 0.3) is 0 Å². The Balaban J connectivity index is 1.33. The van der Waals surface area contributed by atoms with Gasteiger partial charge < -0.3 is 9.30 Å². The fourth-order valence-corrected chi connectivity index (χ4v) is 3.98. The Bertz CT molecular complexity index is 678. The van der Waals surface area contributed by atoms with Gasteiger partial charge in [-0.1, -0.05) is 6.07 Å². The van der Waals surface area contributed by atoms with Crippen LogP contribution in [0.25, 0.3) is 0 Å². The highest BCUT2D eigenvalue weighted by molar-refractivity contribution is 5.09. The summed E-state index contributed by atoms with van der Waals surface area (Å²) in [6, 6.07) is 4.17. The molecule has 6 heteroatoms. The number of rotatable bonds is 4. The van der Waals surface area contributed by atoms with Crippen molar-refractivity contribution in [3.63, 3.8) is 0 Å². The third kappa shape index (κ3) is 3.92. The molecule has 2 aliphatic heterocycles. The highest BCUT2D eigenvalue weighted by Crippen LogP contribution is 2.31. The summed E-state index contributed by atoms with van der Waals surface area (Å²) in [6.07, 6.45) is 9.89. The molecule has 0 amide bonds.